The summed E-state index contributed by atoms with van der Waals surface area (Å²) in [5, 5.41) is 4.44. The van der Waals surface area contributed by atoms with E-state index < -0.39 is 6.04 Å². The molecule has 0 bridgehead atoms. The number of hydrogen-bond acceptors (Lipinski definition) is 5. The maximum atomic E-state index is 13.4. The topological polar surface area (TPSA) is 92.3 Å². The minimum atomic E-state index is -0.587. The van der Waals surface area contributed by atoms with Gasteiger partial charge in [-0.25, -0.2) is 0 Å². The first-order valence-corrected chi connectivity index (χ1v) is 15.9. The van der Waals surface area contributed by atoms with Crippen molar-refractivity contribution in [3.63, 3.8) is 0 Å². The average molecular weight is 613 g/mol. The van der Waals surface area contributed by atoms with Crippen LogP contribution in [-0.2, 0) is 11.2 Å². The molecule has 2 aromatic heterocycles. The van der Waals surface area contributed by atoms with E-state index in [2.05, 4.69) is 15.3 Å². The van der Waals surface area contributed by atoms with Gasteiger partial charge < -0.3 is 10.2 Å². The van der Waals surface area contributed by atoms with Crippen molar-refractivity contribution < 1.29 is 14.4 Å². The van der Waals surface area contributed by atoms with Gasteiger partial charge in [0.05, 0.1) is 16.8 Å². The normalized spacial score (nSPS) is 16.5. The molecule has 0 saturated heterocycles. The SMILES string of the molecule is CC.CC(=O)c1cc(C)cc2cccnc12.O=C1Nc2cc(Cl)ccc2C(=O)N(CC2CCCCC2)C1Cc1ccccn1. The fourth-order valence-corrected chi connectivity index (χ4v) is 6.02. The second-order valence-electron chi connectivity index (χ2n) is 11.1. The first-order valence-electron chi connectivity index (χ1n) is 15.5. The quantitative estimate of drug-likeness (QED) is 0.230. The molecule has 1 N–H and O–H groups in total. The Labute approximate surface area is 265 Å². The molecule has 1 aliphatic carbocycles. The van der Waals surface area contributed by atoms with Crippen LogP contribution in [-0.4, -0.2) is 45.1 Å². The molecule has 3 heterocycles. The number of halogens is 1. The van der Waals surface area contributed by atoms with Crippen LogP contribution in [0.25, 0.3) is 10.9 Å². The summed E-state index contributed by atoms with van der Waals surface area (Å²) in [5.41, 5.74) is 4.38. The Morgan fingerprint density at radius 3 is 2.41 bits per heavy atom. The van der Waals surface area contributed by atoms with Gasteiger partial charge in [-0.1, -0.05) is 56.8 Å². The van der Waals surface area contributed by atoms with E-state index in [1.54, 1.807) is 42.4 Å². The van der Waals surface area contributed by atoms with Crippen molar-refractivity contribution in [3.8, 4) is 0 Å². The number of Topliss-reactive ketones (excluding diaryl/α,β-unsaturated/α-hetero) is 1. The number of anilines is 1. The van der Waals surface area contributed by atoms with E-state index in [1.165, 1.54) is 19.3 Å². The molecule has 2 aliphatic rings. The smallest absolute Gasteiger partial charge is 0.256 e. The standard InChI is InChI=1S/C22H24ClN3O2.C12H11NO.C2H6/c23-16-9-10-18-19(12-16)25-21(27)20(13-17-8-4-5-11-24-17)26(22(18)28)14-15-6-2-1-3-7-15;1-8-6-10-4-3-5-13-12(10)11(7-8)9(2)14;1-2/h4-5,8-12,15,20H,1-3,6-7,13-14H2,(H,25,27);3-7H,1-2H3;1-2H3. The zero-order valence-electron chi connectivity index (χ0n) is 26.0. The molecule has 2 aromatic carbocycles. The van der Waals surface area contributed by atoms with Gasteiger partial charge in [-0.3, -0.25) is 24.4 Å². The molecule has 230 valence electrons. The highest BCUT2D eigenvalue weighted by Gasteiger charge is 2.37. The number of rotatable bonds is 5. The third-order valence-corrected chi connectivity index (χ3v) is 8.18. The number of carbonyl (C=O) groups is 3. The Bertz CT molecular complexity index is 1600. The van der Waals surface area contributed by atoms with Crippen LogP contribution in [0.15, 0.2) is 73.1 Å². The fourth-order valence-electron chi connectivity index (χ4n) is 5.85. The number of aromatic nitrogens is 2. The highest BCUT2D eigenvalue weighted by molar-refractivity contribution is 6.31. The minimum absolute atomic E-state index is 0.0670. The Kier molecular flexibility index (Phi) is 11.6. The Hall–Kier alpha value is -4.10. The summed E-state index contributed by atoms with van der Waals surface area (Å²) in [5.74, 6) is 0.204. The van der Waals surface area contributed by atoms with Gasteiger partial charge in [-0.2, -0.15) is 0 Å². The maximum absolute atomic E-state index is 13.4. The Morgan fingerprint density at radius 1 is 0.955 bits per heavy atom. The summed E-state index contributed by atoms with van der Waals surface area (Å²) >= 11 is 6.10. The number of amides is 2. The van der Waals surface area contributed by atoms with Gasteiger partial charge in [0, 0.05) is 47.0 Å². The highest BCUT2D eigenvalue weighted by atomic mass is 35.5. The molecule has 7 nitrogen and oxygen atoms in total. The lowest BCUT2D eigenvalue weighted by Crippen LogP contribution is -2.48. The summed E-state index contributed by atoms with van der Waals surface area (Å²) in [6, 6.07) is 17.9. The van der Waals surface area contributed by atoms with Gasteiger partial charge in [0.15, 0.2) is 5.78 Å². The number of carbonyl (C=O) groups excluding carboxylic acids is 3. The van der Waals surface area contributed by atoms with Crippen LogP contribution < -0.4 is 5.32 Å². The lowest BCUT2D eigenvalue weighted by molar-refractivity contribution is -0.120. The summed E-state index contributed by atoms with van der Waals surface area (Å²) in [4.78, 5) is 48.3. The van der Waals surface area contributed by atoms with Crippen molar-refractivity contribution in [2.24, 2.45) is 5.92 Å². The van der Waals surface area contributed by atoms with Crippen molar-refractivity contribution in [1.82, 2.24) is 14.9 Å². The first kappa shape index (κ1) is 32.8. The predicted octanol–water partition coefficient (Wildman–Crippen LogP) is 8.09. The Morgan fingerprint density at radius 2 is 1.70 bits per heavy atom. The third-order valence-electron chi connectivity index (χ3n) is 7.95. The van der Waals surface area contributed by atoms with E-state index in [0.29, 0.717) is 40.7 Å². The van der Waals surface area contributed by atoms with Crippen molar-refractivity contribution in [2.45, 2.75) is 72.3 Å². The van der Waals surface area contributed by atoms with Crippen molar-refractivity contribution in [3.05, 3.63) is 100 Å². The van der Waals surface area contributed by atoms with Gasteiger partial charge >= 0.3 is 0 Å². The van der Waals surface area contributed by atoms with E-state index in [-0.39, 0.29) is 17.6 Å². The molecule has 44 heavy (non-hydrogen) atoms. The van der Waals surface area contributed by atoms with Crippen LogP contribution >= 0.6 is 11.6 Å². The van der Waals surface area contributed by atoms with Crippen LogP contribution in [0.3, 0.4) is 0 Å². The maximum Gasteiger partial charge on any atom is 0.256 e. The minimum Gasteiger partial charge on any atom is -0.326 e. The average Bonchev–Trinajstić information content (AvgIpc) is 3.12. The van der Waals surface area contributed by atoms with E-state index in [0.717, 1.165) is 35.0 Å². The number of hydrogen-bond donors (Lipinski definition) is 1. The van der Waals surface area contributed by atoms with Gasteiger partial charge in [-0.15, -0.1) is 0 Å². The molecule has 1 aliphatic heterocycles. The molecule has 0 radical (unpaired) electrons. The Balaban J connectivity index is 0.000000231. The molecular weight excluding hydrogens is 572 g/mol. The third kappa shape index (κ3) is 8.08. The lowest BCUT2D eigenvalue weighted by Gasteiger charge is -2.33. The number of benzene rings is 2. The second-order valence-corrected chi connectivity index (χ2v) is 11.6. The van der Waals surface area contributed by atoms with Crippen LogP contribution in [0.2, 0.25) is 5.02 Å². The largest absolute Gasteiger partial charge is 0.326 e. The van der Waals surface area contributed by atoms with Crippen LogP contribution in [0.5, 0.6) is 0 Å². The van der Waals surface area contributed by atoms with Crippen LogP contribution in [0.4, 0.5) is 5.69 Å². The second kappa shape index (κ2) is 15.6. The number of ketones is 1. The molecule has 1 fully saturated rings. The van der Waals surface area contributed by atoms with Gasteiger partial charge in [0.25, 0.3) is 5.91 Å². The predicted molar refractivity (Wildman–Crippen MR) is 177 cm³/mol. The van der Waals surface area contributed by atoms with Crippen molar-refractivity contribution in [2.75, 3.05) is 11.9 Å². The molecule has 1 atom stereocenters. The van der Waals surface area contributed by atoms with E-state index >= 15 is 0 Å². The monoisotopic (exact) mass is 612 g/mol. The lowest BCUT2D eigenvalue weighted by atomic mass is 9.88. The fraction of sp³-hybridized carbons (Fsp3) is 0.361. The van der Waals surface area contributed by atoms with Gasteiger partial charge in [0.2, 0.25) is 5.91 Å². The number of fused-ring (bicyclic) bond motifs is 2. The van der Waals surface area contributed by atoms with Crippen LogP contribution in [0.1, 0.15) is 84.8 Å². The summed E-state index contributed by atoms with van der Waals surface area (Å²) in [7, 11) is 0. The first-order chi connectivity index (χ1) is 21.3. The van der Waals surface area contributed by atoms with Crippen molar-refractivity contribution >= 4 is 45.8 Å². The van der Waals surface area contributed by atoms with E-state index in [1.807, 2.05) is 63.2 Å². The summed E-state index contributed by atoms with van der Waals surface area (Å²) < 4.78 is 0. The molecule has 6 rings (SSSR count). The van der Waals surface area contributed by atoms with E-state index in [9.17, 15) is 14.4 Å². The molecule has 4 aromatic rings. The highest BCUT2D eigenvalue weighted by Crippen LogP contribution is 2.31. The number of pyridine rings is 2. The zero-order chi connectivity index (χ0) is 31.6. The summed E-state index contributed by atoms with van der Waals surface area (Å²) in [6.07, 6.45) is 9.67. The number of aryl methyl sites for hydroxylation is 1. The van der Waals surface area contributed by atoms with Crippen LogP contribution in [0, 0.1) is 12.8 Å². The molecular formula is C36H41ClN4O3. The molecule has 2 amide bonds. The number of nitrogens with zero attached hydrogens (tertiary/aromatic N) is 3. The van der Waals surface area contributed by atoms with Gasteiger partial charge in [0.1, 0.15) is 6.04 Å². The van der Waals surface area contributed by atoms with Crippen molar-refractivity contribution in [1.29, 1.82) is 0 Å². The van der Waals surface area contributed by atoms with Gasteiger partial charge in [-0.05, 0) is 86.7 Å². The summed E-state index contributed by atoms with van der Waals surface area (Å²) in [6.45, 7) is 8.16. The molecule has 0 spiro atoms. The molecule has 1 saturated carbocycles. The molecule has 8 heteroatoms. The number of nitrogens with one attached hydrogen (secondary N) is 1. The molecule has 1 unspecified atom stereocenters. The zero-order valence-corrected chi connectivity index (χ0v) is 26.7. The van der Waals surface area contributed by atoms with E-state index in [4.69, 9.17) is 11.6 Å².